The minimum Gasteiger partial charge on any atom is -0.369 e. The topological polar surface area (TPSA) is 71.1 Å². The summed E-state index contributed by atoms with van der Waals surface area (Å²) >= 11 is 0. The highest BCUT2D eigenvalue weighted by molar-refractivity contribution is 7.92. The molecule has 0 unspecified atom stereocenters. The first-order valence-corrected chi connectivity index (χ1v) is 12.0. The van der Waals surface area contributed by atoms with Crippen LogP contribution in [-0.4, -0.2) is 55.9 Å². The summed E-state index contributed by atoms with van der Waals surface area (Å²) in [5, 5.41) is -1.59. The van der Waals surface area contributed by atoms with Gasteiger partial charge in [0.2, 0.25) is 0 Å². The van der Waals surface area contributed by atoms with Crippen LogP contribution in [0.4, 0.5) is 8.78 Å². The van der Waals surface area contributed by atoms with E-state index in [1.54, 1.807) is 32.0 Å². The van der Waals surface area contributed by atoms with Gasteiger partial charge in [-0.25, -0.2) is 17.2 Å². The van der Waals surface area contributed by atoms with E-state index in [1.807, 2.05) is 30.3 Å². The summed E-state index contributed by atoms with van der Waals surface area (Å²) in [5.74, 6) is -4.85. The van der Waals surface area contributed by atoms with Gasteiger partial charge in [0, 0.05) is 0 Å². The standard InChI is InChI=1S/C23H24F2O6S/c1-21(2)29-14-22(31-21)19-17(28-13-15-9-5-3-6-10-15)18(20(30-19)23(22,24)25)32(26,27)16-11-7-4-8-12-16/h3-12,17-20H,13-14H2,1-2H3/t17-,18-,19+,20-,22-/m1/s1. The number of ether oxygens (including phenoxy) is 4. The Morgan fingerprint density at radius 3 is 2.22 bits per heavy atom. The average Bonchev–Trinajstić information content (AvgIpc) is 3.38. The lowest BCUT2D eigenvalue weighted by atomic mass is 9.79. The predicted molar refractivity (Wildman–Crippen MR) is 110 cm³/mol. The van der Waals surface area contributed by atoms with Crippen molar-refractivity contribution in [2.75, 3.05) is 6.61 Å². The van der Waals surface area contributed by atoms with Crippen molar-refractivity contribution in [1.29, 1.82) is 0 Å². The molecule has 32 heavy (non-hydrogen) atoms. The summed E-state index contributed by atoms with van der Waals surface area (Å²) in [6.45, 7) is 2.71. The summed E-state index contributed by atoms with van der Waals surface area (Å²) in [6, 6.07) is 16.7. The molecule has 3 heterocycles. The van der Waals surface area contributed by atoms with Crippen LogP contribution in [0.25, 0.3) is 0 Å². The number of benzene rings is 2. The Bertz CT molecular complexity index is 1090. The number of halogens is 2. The van der Waals surface area contributed by atoms with Crippen LogP contribution in [-0.2, 0) is 35.4 Å². The van der Waals surface area contributed by atoms with Gasteiger partial charge in [0.05, 0.1) is 18.1 Å². The van der Waals surface area contributed by atoms with Gasteiger partial charge >= 0.3 is 5.92 Å². The van der Waals surface area contributed by atoms with Crippen LogP contribution in [0.5, 0.6) is 0 Å². The third kappa shape index (κ3) is 3.13. The minimum atomic E-state index is -4.20. The first-order valence-electron chi connectivity index (χ1n) is 10.4. The molecule has 172 valence electrons. The molecule has 3 aliphatic rings. The summed E-state index contributed by atoms with van der Waals surface area (Å²) in [6.07, 6.45) is -4.39. The highest BCUT2D eigenvalue weighted by Crippen LogP contribution is 2.60. The molecule has 2 aromatic rings. The summed E-state index contributed by atoms with van der Waals surface area (Å²) in [7, 11) is -4.20. The van der Waals surface area contributed by atoms with E-state index in [0.29, 0.717) is 0 Å². The molecule has 2 bridgehead atoms. The Balaban J connectivity index is 1.55. The molecule has 3 aliphatic heterocycles. The Labute approximate surface area is 185 Å². The first-order chi connectivity index (χ1) is 15.1. The lowest BCUT2D eigenvalue weighted by molar-refractivity contribution is -0.243. The second-order valence-corrected chi connectivity index (χ2v) is 11.0. The van der Waals surface area contributed by atoms with Gasteiger partial charge in [0.25, 0.3) is 0 Å². The normalized spacial score (nSPS) is 34.9. The Kier molecular flexibility index (Phi) is 5.00. The second-order valence-electron chi connectivity index (χ2n) is 8.86. The van der Waals surface area contributed by atoms with Crippen molar-refractivity contribution in [3.8, 4) is 0 Å². The van der Waals surface area contributed by atoms with Crippen LogP contribution in [0.15, 0.2) is 65.6 Å². The highest BCUT2D eigenvalue weighted by Gasteiger charge is 2.83. The number of alkyl halides is 2. The molecule has 0 radical (unpaired) electrons. The molecule has 5 atom stereocenters. The largest absolute Gasteiger partial charge is 0.369 e. The summed E-state index contributed by atoms with van der Waals surface area (Å²) in [4.78, 5) is -0.0526. The van der Waals surface area contributed by atoms with Crippen LogP contribution >= 0.6 is 0 Å². The van der Waals surface area contributed by atoms with Gasteiger partial charge in [-0.05, 0) is 31.5 Å². The monoisotopic (exact) mass is 466 g/mol. The molecule has 2 aromatic carbocycles. The van der Waals surface area contributed by atoms with Crippen molar-refractivity contribution in [3.63, 3.8) is 0 Å². The Morgan fingerprint density at radius 1 is 1.00 bits per heavy atom. The van der Waals surface area contributed by atoms with Crippen molar-refractivity contribution in [2.45, 2.75) is 66.2 Å². The number of fused-ring (bicyclic) bond motifs is 3. The van der Waals surface area contributed by atoms with E-state index in [-0.39, 0.29) is 11.5 Å². The molecule has 3 saturated heterocycles. The zero-order chi connectivity index (χ0) is 22.8. The molecule has 3 fully saturated rings. The number of sulfone groups is 1. The smallest absolute Gasteiger partial charge is 0.308 e. The van der Waals surface area contributed by atoms with Crippen molar-refractivity contribution >= 4 is 9.84 Å². The van der Waals surface area contributed by atoms with E-state index in [0.717, 1.165) is 5.56 Å². The van der Waals surface area contributed by atoms with Gasteiger partial charge in [0.1, 0.15) is 23.6 Å². The van der Waals surface area contributed by atoms with E-state index in [4.69, 9.17) is 18.9 Å². The molecule has 1 spiro atoms. The fraction of sp³-hybridized carbons (Fsp3) is 0.478. The molecule has 6 nitrogen and oxygen atoms in total. The van der Waals surface area contributed by atoms with Gasteiger partial charge in [0.15, 0.2) is 21.2 Å². The quantitative estimate of drug-likeness (QED) is 0.673. The van der Waals surface area contributed by atoms with Gasteiger partial charge in [-0.15, -0.1) is 0 Å². The van der Waals surface area contributed by atoms with Crippen LogP contribution in [0.1, 0.15) is 19.4 Å². The molecule has 0 aromatic heterocycles. The number of hydrogen-bond donors (Lipinski definition) is 0. The van der Waals surface area contributed by atoms with Crippen LogP contribution < -0.4 is 0 Å². The maximum absolute atomic E-state index is 15.7. The molecule has 0 amide bonds. The van der Waals surface area contributed by atoms with Gasteiger partial charge < -0.3 is 18.9 Å². The second kappa shape index (κ2) is 7.30. The Morgan fingerprint density at radius 2 is 1.62 bits per heavy atom. The minimum absolute atomic E-state index is 0.0464. The zero-order valence-corrected chi connectivity index (χ0v) is 18.4. The van der Waals surface area contributed by atoms with E-state index in [2.05, 4.69) is 0 Å². The zero-order valence-electron chi connectivity index (χ0n) is 17.6. The fourth-order valence-corrected chi connectivity index (χ4v) is 6.88. The van der Waals surface area contributed by atoms with E-state index in [1.165, 1.54) is 12.1 Å². The molecule has 0 aliphatic carbocycles. The SMILES string of the molecule is CC1(C)OC[C@@]2(O1)[C@H]1O[C@H]([C@H](S(=O)(=O)c3ccccc3)[C@H]1OCc1ccccc1)C2(F)F. The lowest BCUT2D eigenvalue weighted by Gasteiger charge is -2.42. The fourth-order valence-electron chi connectivity index (χ4n) is 4.89. The molecule has 0 N–H and O–H groups in total. The van der Waals surface area contributed by atoms with Crippen molar-refractivity contribution in [3.05, 3.63) is 66.2 Å². The lowest BCUT2D eigenvalue weighted by Crippen LogP contribution is -2.68. The third-order valence-corrected chi connectivity index (χ3v) is 8.53. The van der Waals surface area contributed by atoms with E-state index in [9.17, 15) is 8.42 Å². The van der Waals surface area contributed by atoms with Gasteiger partial charge in [-0.1, -0.05) is 48.5 Å². The van der Waals surface area contributed by atoms with Crippen LogP contribution in [0.3, 0.4) is 0 Å². The van der Waals surface area contributed by atoms with Gasteiger partial charge in [-0.3, -0.25) is 0 Å². The summed E-state index contributed by atoms with van der Waals surface area (Å²) in [5.41, 5.74) is -1.33. The third-order valence-electron chi connectivity index (χ3n) is 6.37. The highest BCUT2D eigenvalue weighted by atomic mass is 32.2. The number of rotatable bonds is 5. The first kappa shape index (κ1) is 21.9. The molecule has 0 saturated carbocycles. The molecular formula is C23H24F2O6S. The van der Waals surface area contributed by atoms with Crippen LogP contribution in [0.2, 0.25) is 0 Å². The van der Waals surface area contributed by atoms with Crippen molar-refractivity contribution < 1.29 is 36.1 Å². The molecular weight excluding hydrogens is 442 g/mol. The average molecular weight is 467 g/mol. The van der Waals surface area contributed by atoms with E-state index < -0.39 is 57.3 Å². The Hall–Kier alpha value is -1.91. The van der Waals surface area contributed by atoms with Crippen molar-refractivity contribution in [1.82, 2.24) is 0 Å². The van der Waals surface area contributed by atoms with Crippen LogP contribution in [0, 0.1) is 0 Å². The van der Waals surface area contributed by atoms with Gasteiger partial charge in [-0.2, -0.15) is 0 Å². The number of hydrogen-bond acceptors (Lipinski definition) is 6. The van der Waals surface area contributed by atoms with Crippen molar-refractivity contribution in [2.24, 2.45) is 0 Å². The predicted octanol–water partition coefficient (Wildman–Crippen LogP) is 3.35. The maximum Gasteiger partial charge on any atom is 0.308 e. The molecule has 5 rings (SSSR count). The maximum atomic E-state index is 15.7. The van der Waals surface area contributed by atoms with E-state index >= 15 is 8.78 Å². The molecule has 9 heteroatoms. The summed E-state index contributed by atoms with van der Waals surface area (Å²) < 4.78 is 81.4.